The molecular formula is C31H41N3O6. The fraction of sp³-hybridized carbons (Fsp3) is 0.581. The Hall–Kier alpha value is -3.17. The van der Waals surface area contributed by atoms with Gasteiger partial charge in [-0.3, -0.25) is 14.4 Å². The normalized spacial score (nSPS) is 30.4. The molecule has 9 nitrogen and oxygen atoms in total. The topological polar surface area (TPSA) is 99.6 Å². The lowest BCUT2D eigenvalue weighted by Gasteiger charge is -2.39. The number of hydrogen-bond donors (Lipinski definition) is 1. The van der Waals surface area contributed by atoms with Gasteiger partial charge in [0.25, 0.3) is 0 Å². The molecule has 0 radical (unpaired) electrons. The zero-order chi connectivity index (χ0) is 28.6. The fourth-order valence-corrected chi connectivity index (χ4v) is 6.77. The van der Waals surface area contributed by atoms with Crippen LogP contribution in [0.4, 0.5) is 5.69 Å². The molecule has 1 spiro atoms. The van der Waals surface area contributed by atoms with Crippen LogP contribution in [0.25, 0.3) is 0 Å². The zero-order valence-corrected chi connectivity index (χ0v) is 23.9. The van der Waals surface area contributed by atoms with Crippen molar-refractivity contribution in [3.8, 4) is 5.75 Å². The van der Waals surface area contributed by atoms with Gasteiger partial charge >= 0.3 is 0 Å². The lowest BCUT2D eigenvalue weighted by atomic mass is 9.77. The molecule has 4 aliphatic heterocycles. The number of aliphatic hydroxyl groups excluding tert-OH is 1. The standard InChI is InChI=1S/C31H41N3O6/c1-5-7-16-32-17-9-15-31-26(29(37)34(27(31)30(32)38)23(19-35)20(3)4)25-24(40-31)10-8-18-33(28(25)36)21-11-13-22(14-12-21)39-6-2/h8-15,20,23-27,35H,5-7,16-19H2,1-4H3/t23-,24+,25-,26-,27?,31-/m0/s1. The first-order valence-corrected chi connectivity index (χ1v) is 14.6. The summed E-state index contributed by atoms with van der Waals surface area (Å²) in [6.45, 7) is 9.43. The van der Waals surface area contributed by atoms with Gasteiger partial charge < -0.3 is 29.3 Å². The molecule has 0 aromatic heterocycles. The van der Waals surface area contributed by atoms with Crippen molar-refractivity contribution in [1.82, 2.24) is 9.80 Å². The second kappa shape index (κ2) is 11.4. The van der Waals surface area contributed by atoms with E-state index in [1.165, 1.54) is 0 Å². The van der Waals surface area contributed by atoms with Crippen molar-refractivity contribution in [2.75, 3.05) is 37.7 Å². The molecule has 1 aromatic carbocycles. The van der Waals surface area contributed by atoms with Gasteiger partial charge in [0.2, 0.25) is 17.7 Å². The Labute approximate surface area is 236 Å². The van der Waals surface area contributed by atoms with E-state index in [9.17, 15) is 19.5 Å². The number of benzene rings is 1. The monoisotopic (exact) mass is 551 g/mol. The molecule has 4 aliphatic rings. The van der Waals surface area contributed by atoms with Crippen molar-refractivity contribution in [1.29, 1.82) is 0 Å². The number of nitrogens with zero attached hydrogens (tertiary/aromatic N) is 3. The predicted molar refractivity (Wildman–Crippen MR) is 151 cm³/mol. The van der Waals surface area contributed by atoms with E-state index in [1.54, 1.807) is 14.7 Å². The number of amides is 3. The Morgan fingerprint density at radius 1 is 1.05 bits per heavy atom. The molecule has 0 saturated carbocycles. The van der Waals surface area contributed by atoms with Gasteiger partial charge in [-0.05, 0) is 43.5 Å². The Balaban J connectivity index is 1.57. The summed E-state index contributed by atoms with van der Waals surface area (Å²) in [6, 6.07) is 5.81. The minimum atomic E-state index is -1.30. The van der Waals surface area contributed by atoms with Crippen molar-refractivity contribution in [2.24, 2.45) is 17.8 Å². The van der Waals surface area contributed by atoms with Gasteiger partial charge in [0.05, 0.1) is 37.2 Å². The van der Waals surface area contributed by atoms with Crippen LogP contribution in [0.5, 0.6) is 5.75 Å². The largest absolute Gasteiger partial charge is 0.494 e. The Bertz CT molecular complexity index is 1180. The molecule has 3 amide bonds. The zero-order valence-electron chi connectivity index (χ0n) is 23.9. The van der Waals surface area contributed by atoms with Crippen LogP contribution in [0, 0.1) is 17.8 Å². The van der Waals surface area contributed by atoms with Gasteiger partial charge in [0.1, 0.15) is 17.4 Å². The second-order valence-corrected chi connectivity index (χ2v) is 11.4. The molecule has 2 saturated heterocycles. The van der Waals surface area contributed by atoms with Crippen LogP contribution < -0.4 is 9.64 Å². The molecule has 40 heavy (non-hydrogen) atoms. The molecule has 1 unspecified atom stereocenters. The highest BCUT2D eigenvalue weighted by molar-refractivity contribution is 6.04. The van der Waals surface area contributed by atoms with Gasteiger partial charge in [-0.25, -0.2) is 0 Å². The summed E-state index contributed by atoms with van der Waals surface area (Å²) in [7, 11) is 0. The number of rotatable bonds is 9. The fourth-order valence-electron chi connectivity index (χ4n) is 6.77. The number of likely N-dealkylation sites (tertiary alicyclic amines) is 1. The molecule has 1 aromatic rings. The summed E-state index contributed by atoms with van der Waals surface area (Å²) in [4.78, 5) is 47.9. The lowest BCUT2D eigenvalue weighted by molar-refractivity contribution is -0.151. The van der Waals surface area contributed by atoms with Gasteiger partial charge in [-0.2, -0.15) is 0 Å². The molecule has 0 bridgehead atoms. The lowest BCUT2D eigenvalue weighted by Crippen LogP contribution is -2.59. The van der Waals surface area contributed by atoms with Crippen LogP contribution in [0.1, 0.15) is 40.5 Å². The third kappa shape index (κ3) is 4.53. The van der Waals surface area contributed by atoms with E-state index in [1.807, 2.05) is 69.3 Å². The summed E-state index contributed by atoms with van der Waals surface area (Å²) in [5, 5.41) is 10.4. The van der Waals surface area contributed by atoms with E-state index >= 15 is 0 Å². The highest BCUT2D eigenvalue weighted by Gasteiger charge is 2.72. The highest BCUT2D eigenvalue weighted by atomic mass is 16.5. The third-order valence-corrected chi connectivity index (χ3v) is 8.73. The van der Waals surface area contributed by atoms with Gasteiger partial charge in [-0.1, -0.05) is 51.5 Å². The molecule has 2 fully saturated rings. The first kappa shape index (κ1) is 28.4. The molecule has 5 rings (SSSR count). The van der Waals surface area contributed by atoms with E-state index in [0.29, 0.717) is 37.7 Å². The van der Waals surface area contributed by atoms with Crippen LogP contribution in [0.15, 0.2) is 48.6 Å². The number of hydrogen-bond acceptors (Lipinski definition) is 6. The molecule has 6 atom stereocenters. The molecule has 1 N–H and O–H groups in total. The first-order chi connectivity index (χ1) is 19.3. The number of carbonyl (C=O) groups excluding carboxylic acids is 3. The quantitative estimate of drug-likeness (QED) is 0.474. The first-order valence-electron chi connectivity index (χ1n) is 14.6. The number of ether oxygens (including phenoxy) is 2. The Kier molecular flexibility index (Phi) is 8.06. The van der Waals surface area contributed by atoms with Crippen molar-refractivity contribution in [3.05, 3.63) is 48.6 Å². The van der Waals surface area contributed by atoms with Gasteiger partial charge in [0.15, 0.2) is 0 Å². The Morgan fingerprint density at radius 2 is 1.80 bits per heavy atom. The van der Waals surface area contributed by atoms with Crippen LogP contribution >= 0.6 is 0 Å². The maximum absolute atomic E-state index is 14.4. The summed E-state index contributed by atoms with van der Waals surface area (Å²) in [6.07, 6.45) is 8.65. The Morgan fingerprint density at radius 3 is 2.45 bits per heavy atom. The van der Waals surface area contributed by atoms with Crippen LogP contribution in [-0.2, 0) is 19.1 Å². The smallest absolute Gasteiger partial charge is 0.249 e. The summed E-state index contributed by atoms with van der Waals surface area (Å²) in [5.74, 6) is -1.80. The SMILES string of the molecule is CCCCN1CC=C[C@]23O[C@@H]4C=CCN(c5ccc(OCC)cc5)C(=O)[C@@H]4[C@H]2C(=O)N([C@@H](CO)C(C)C)C3C1=O. The summed E-state index contributed by atoms with van der Waals surface area (Å²) >= 11 is 0. The van der Waals surface area contributed by atoms with E-state index in [4.69, 9.17) is 9.47 Å². The average Bonchev–Trinajstić information content (AvgIpc) is 3.25. The van der Waals surface area contributed by atoms with Crippen LogP contribution in [0.3, 0.4) is 0 Å². The third-order valence-electron chi connectivity index (χ3n) is 8.73. The number of anilines is 1. The van der Waals surface area contributed by atoms with E-state index in [-0.39, 0.29) is 30.2 Å². The maximum atomic E-state index is 14.4. The molecule has 9 heteroatoms. The molecule has 4 heterocycles. The van der Waals surface area contributed by atoms with Gasteiger partial charge in [0, 0.05) is 25.3 Å². The predicted octanol–water partition coefficient (Wildman–Crippen LogP) is 2.78. The number of unbranched alkanes of at least 4 members (excludes halogenated alkanes) is 1. The van der Waals surface area contributed by atoms with E-state index < -0.39 is 35.6 Å². The van der Waals surface area contributed by atoms with E-state index in [0.717, 1.165) is 12.8 Å². The van der Waals surface area contributed by atoms with E-state index in [2.05, 4.69) is 6.92 Å². The average molecular weight is 552 g/mol. The van der Waals surface area contributed by atoms with Crippen molar-refractivity contribution >= 4 is 23.4 Å². The number of carbonyl (C=O) groups is 3. The maximum Gasteiger partial charge on any atom is 0.249 e. The number of fused-ring (bicyclic) bond motifs is 2. The minimum Gasteiger partial charge on any atom is -0.494 e. The van der Waals surface area contributed by atoms with Crippen molar-refractivity contribution in [2.45, 2.75) is 64.3 Å². The number of aliphatic hydroxyl groups is 1. The van der Waals surface area contributed by atoms with Crippen molar-refractivity contribution in [3.63, 3.8) is 0 Å². The van der Waals surface area contributed by atoms with Gasteiger partial charge in [-0.15, -0.1) is 0 Å². The van der Waals surface area contributed by atoms with Crippen molar-refractivity contribution < 1.29 is 29.0 Å². The molecule has 0 aliphatic carbocycles. The highest BCUT2D eigenvalue weighted by Crippen LogP contribution is 2.54. The van der Waals surface area contributed by atoms with Crippen LogP contribution in [0.2, 0.25) is 0 Å². The molecule has 216 valence electrons. The van der Waals surface area contributed by atoms with Crippen LogP contribution in [-0.4, -0.2) is 89.3 Å². The minimum absolute atomic E-state index is 0.102. The summed E-state index contributed by atoms with van der Waals surface area (Å²) in [5.41, 5.74) is -0.596. The second-order valence-electron chi connectivity index (χ2n) is 11.4. The summed E-state index contributed by atoms with van der Waals surface area (Å²) < 4.78 is 12.3. The molecular weight excluding hydrogens is 510 g/mol.